The van der Waals surface area contributed by atoms with Gasteiger partial charge in [-0.25, -0.2) is 0 Å². The molecule has 14 heavy (non-hydrogen) atoms. The Balaban J connectivity index is 2.28. The second kappa shape index (κ2) is 3.53. The van der Waals surface area contributed by atoms with E-state index in [0.29, 0.717) is 6.42 Å². The molecule has 1 fully saturated rings. The van der Waals surface area contributed by atoms with Crippen LogP contribution in [0.1, 0.15) is 24.4 Å². The number of benzene rings is 1. The molecule has 0 bridgehead atoms. The minimum Gasteiger partial charge on any atom is -0.508 e. The third-order valence-electron chi connectivity index (χ3n) is 2.38. The van der Waals surface area contributed by atoms with Crippen molar-refractivity contribution in [2.45, 2.75) is 23.8 Å². The van der Waals surface area contributed by atoms with Crippen LogP contribution >= 0.6 is 12.6 Å². The van der Waals surface area contributed by atoms with Crippen LogP contribution in [-0.2, 0) is 4.79 Å². The Morgan fingerprint density at radius 1 is 1.50 bits per heavy atom. The maximum absolute atomic E-state index is 11.0. The molecule has 0 unspecified atom stereocenters. The van der Waals surface area contributed by atoms with Gasteiger partial charge in [0, 0.05) is 16.9 Å². The summed E-state index contributed by atoms with van der Waals surface area (Å²) >= 11 is 4.11. The Morgan fingerprint density at radius 3 is 2.86 bits per heavy atom. The lowest BCUT2D eigenvalue weighted by atomic mass is 10.0. The Hall–Kier alpha value is -1.16. The molecular weight excluding hydrogens is 198 g/mol. The van der Waals surface area contributed by atoms with Crippen molar-refractivity contribution in [2.24, 2.45) is 0 Å². The highest BCUT2D eigenvalue weighted by molar-refractivity contribution is 7.80. The quantitative estimate of drug-likeness (QED) is 0.616. The number of nitrogens with one attached hydrogen (secondary N) is 1. The van der Waals surface area contributed by atoms with Gasteiger partial charge in [-0.2, -0.15) is 0 Å². The third kappa shape index (κ3) is 1.70. The Labute approximate surface area is 87.5 Å². The van der Waals surface area contributed by atoms with Crippen molar-refractivity contribution in [3.8, 4) is 5.75 Å². The fraction of sp³-hybridized carbons (Fsp3) is 0.300. The zero-order chi connectivity index (χ0) is 10.1. The molecule has 0 aromatic heterocycles. The van der Waals surface area contributed by atoms with E-state index in [4.69, 9.17) is 0 Å². The van der Waals surface area contributed by atoms with Gasteiger partial charge in [0.25, 0.3) is 0 Å². The summed E-state index contributed by atoms with van der Waals surface area (Å²) in [6.45, 7) is 0. The molecule has 1 aromatic rings. The predicted octanol–water partition coefficient (Wildman–Crippen LogP) is 1.63. The van der Waals surface area contributed by atoms with Crippen LogP contribution in [0.5, 0.6) is 5.75 Å². The van der Waals surface area contributed by atoms with Gasteiger partial charge in [0.2, 0.25) is 5.91 Å². The van der Waals surface area contributed by atoms with Crippen molar-refractivity contribution < 1.29 is 9.90 Å². The molecule has 4 heteroatoms. The van der Waals surface area contributed by atoms with Crippen LogP contribution in [0.4, 0.5) is 0 Å². The SMILES string of the molecule is O=C1CC[C@@H](c2ccc(S)cc2O)N1. The van der Waals surface area contributed by atoms with E-state index < -0.39 is 0 Å². The predicted molar refractivity (Wildman–Crippen MR) is 55.5 cm³/mol. The fourth-order valence-electron chi connectivity index (χ4n) is 1.67. The molecule has 1 atom stereocenters. The Morgan fingerprint density at radius 2 is 2.29 bits per heavy atom. The summed E-state index contributed by atoms with van der Waals surface area (Å²) in [6.07, 6.45) is 1.28. The third-order valence-corrected chi connectivity index (χ3v) is 2.66. The first-order valence-electron chi connectivity index (χ1n) is 4.48. The number of amides is 1. The molecule has 1 heterocycles. The van der Waals surface area contributed by atoms with Gasteiger partial charge in [0.15, 0.2) is 0 Å². The van der Waals surface area contributed by atoms with Crippen LogP contribution in [0.2, 0.25) is 0 Å². The van der Waals surface area contributed by atoms with Gasteiger partial charge in [0.05, 0.1) is 6.04 Å². The first-order chi connectivity index (χ1) is 6.66. The zero-order valence-corrected chi connectivity index (χ0v) is 8.42. The second-order valence-electron chi connectivity index (χ2n) is 3.40. The number of aromatic hydroxyl groups is 1. The van der Waals surface area contributed by atoms with Crippen LogP contribution < -0.4 is 5.32 Å². The summed E-state index contributed by atoms with van der Waals surface area (Å²) < 4.78 is 0. The van der Waals surface area contributed by atoms with Crippen molar-refractivity contribution in [3.63, 3.8) is 0 Å². The maximum atomic E-state index is 11.0. The molecule has 1 aliphatic rings. The van der Waals surface area contributed by atoms with Crippen molar-refractivity contribution in [1.29, 1.82) is 0 Å². The number of phenolic OH excluding ortho intramolecular Hbond substituents is 1. The maximum Gasteiger partial charge on any atom is 0.220 e. The van der Waals surface area contributed by atoms with E-state index in [1.54, 1.807) is 12.1 Å². The average Bonchev–Trinajstić information content (AvgIpc) is 2.51. The summed E-state index contributed by atoms with van der Waals surface area (Å²) in [5.41, 5.74) is 0.772. The van der Waals surface area contributed by atoms with E-state index in [-0.39, 0.29) is 17.7 Å². The molecule has 3 nitrogen and oxygen atoms in total. The molecule has 1 amide bonds. The highest BCUT2D eigenvalue weighted by atomic mass is 32.1. The van der Waals surface area contributed by atoms with Crippen LogP contribution in [0.15, 0.2) is 23.1 Å². The molecule has 0 saturated carbocycles. The lowest BCUT2D eigenvalue weighted by molar-refractivity contribution is -0.119. The van der Waals surface area contributed by atoms with Crippen molar-refractivity contribution in [2.75, 3.05) is 0 Å². The van der Waals surface area contributed by atoms with Crippen LogP contribution in [0.25, 0.3) is 0 Å². The van der Waals surface area contributed by atoms with Crippen LogP contribution in [0.3, 0.4) is 0 Å². The number of phenols is 1. The van der Waals surface area contributed by atoms with Crippen LogP contribution in [-0.4, -0.2) is 11.0 Å². The number of hydrogen-bond donors (Lipinski definition) is 3. The molecule has 1 saturated heterocycles. The highest BCUT2D eigenvalue weighted by Gasteiger charge is 2.24. The molecule has 1 aliphatic heterocycles. The first-order valence-corrected chi connectivity index (χ1v) is 4.93. The normalized spacial score (nSPS) is 20.9. The van der Waals surface area contributed by atoms with Crippen molar-refractivity contribution in [1.82, 2.24) is 5.32 Å². The van der Waals surface area contributed by atoms with Gasteiger partial charge in [-0.15, -0.1) is 12.6 Å². The smallest absolute Gasteiger partial charge is 0.220 e. The van der Waals surface area contributed by atoms with E-state index in [9.17, 15) is 9.90 Å². The van der Waals surface area contributed by atoms with Gasteiger partial charge >= 0.3 is 0 Å². The van der Waals surface area contributed by atoms with Gasteiger partial charge in [-0.05, 0) is 18.6 Å². The molecule has 2 N–H and O–H groups in total. The standard InChI is InChI=1S/C10H11NO2S/c12-9-5-6(14)1-2-7(9)8-3-4-10(13)11-8/h1-2,5,8,12,14H,3-4H2,(H,11,13)/t8-/m0/s1. The lowest BCUT2D eigenvalue weighted by Gasteiger charge is -2.12. The summed E-state index contributed by atoms with van der Waals surface area (Å²) in [6, 6.07) is 5.15. The minimum atomic E-state index is -0.0450. The van der Waals surface area contributed by atoms with E-state index in [1.807, 2.05) is 6.07 Å². The number of carbonyl (C=O) groups is 1. The molecule has 0 spiro atoms. The Bertz CT molecular complexity index is 378. The van der Waals surface area contributed by atoms with Crippen molar-refractivity contribution >= 4 is 18.5 Å². The average molecular weight is 209 g/mol. The number of rotatable bonds is 1. The van der Waals surface area contributed by atoms with Gasteiger partial charge < -0.3 is 10.4 Å². The molecule has 1 aromatic carbocycles. The van der Waals surface area contributed by atoms with Gasteiger partial charge in [-0.3, -0.25) is 4.79 Å². The summed E-state index contributed by atoms with van der Waals surface area (Å²) in [7, 11) is 0. The zero-order valence-electron chi connectivity index (χ0n) is 7.53. The van der Waals surface area contributed by atoms with E-state index in [0.717, 1.165) is 16.9 Å². The van der Waals surface area contributed by atoms with Gasteiger partial charge in [0.1, 0.15) is 5.75 Å². The fourth-order valence-corrected chi connectivity index (χ4v) is 1.87. The molecular formula is C10H11NO2S. The summed E-state index contributed by atoms with van der Waals surface area (Å²) in [5, 5.41) is 12.4. The summed E-state index contributed by atoms with van der Waals surface area (Å²) in [5.74, 6) is 0.244. The number of thiol groups is 1. The molecule has 74 valence electrons. The van der Waals surface area contributed by atoms with E-state index in [1.165, 1.54) is 0 Å². The summed E-state index contributed by atoms with van der Waals surface area (Å²) in [4.78, 5) is 11.7. The van der Waals surface area contributed by atoms with Crippen LogP contribution in [0, 0.1) is 0 Å². The molecule has 0 aliphatic carbocycles. The lowest BCUT2D eigenvalue weighted by Crippen LogP contribution is -2.18. The molecule has 2 rings (SSSR count). The van der Waals surface area contributed by atoms with Crippen molar-refractivity contribution in [3.05, 3.63) is 23.8 Å². The number of carbonyl (C=O) groups excluding carboxylic acids is 1. The minimum absolute atomic E-state index is 0.0450. The first kappa shape index (κ1) is 9.40. The monoisotopic (exact) mass is 209 g/mol. The van der Waals surface area contributed by atoms with E-state index >= 15 is 0 Å². The highest BCUT2D eigenvalue weighted by Crippen LogP contribution is 2.31. The Kier molecular flexibility index (Phi) is 2.37. The van der Waals surface area contributed by atoms with E-state index in [2.05, 4.69) is 17.9 Å². The molecule has 0 radical (unpaired) electrons. The van der Waals surface area contributed by atoms with Gasteiger partial charge in [-0.1, -0.05) is 6.07 Å². The topological polar surface area (TPSA) is 49.3 Å². The second-order valence-corrected chi connectivity index (χ2v) is 3.92. The largest absolute Gasteiger partial charge is 0.508 e. The number of hydrogen-bond acceptors (Lipinski definition) is 3.